The van der Waals surface area contributed by atoms with Crippen LogP contribution in [-0.4, -0.2) is 82.7 Å². The largest absolute Gasteiger partial charge is 0.467 e. The predicted molar refractivity (Wildman–Crippen MR) is 152 cm³/mol. The van der Waals surface area contributed by atoms with E-state index >= 15 is 0 Å². The molecule has 1 atom stereocenters. The van der Waals surface area contributed by atoms with Gasteiger partial charge in [0.15, 0.2) is 0 Å². The molecule has 4 rings (SSSR count). The second-order valence-corrected chi connectivity index (χ2v) is 11.4. The highest BCUT2D eigenvalue weighted by Gasteiger charge is 2.25. The van der Waals surface area contributed by atoms with Gasteiger partial charge in [0.2, 0.25) is 9.84 Å². The van der Waals surface area contributed by atoms with Gasteiger partial charge in [0, 0.05) is 32.6 Å². The van der Waals surface area contributed by atoms with Crippen LogP contribution >= 0.6 is 0 Å². The number of esters is 1. The monoisotopic (exact) mass is 580 g/mol. The van der Waals surface area contributed by atoms with Crippen molar-refractivity contribution in [2.75, 3.05) is 45.7 Å². The molecule has 1 heterocycles. The number of hydrogen-bond acceptors (Lipinski definition) is 8. The zero-order valence-electron chi connectivity index (χ0n) is 22.8. The van der Waals surface area contributed by atoms with E-state index in [1.165, 1.54) is 31.4 Å². The third kappa shape index (κ3) is 7.62. The minimum absolute atomic E-state index is 0.0592. The van der Waals surface area contributed by atoms with E-state index in [2.05, 4.69) is 15.5 Å². The molecule has 0 aromatic heterocycles. The molecule has 216 valence electrons. The first-order valence-electron chi connectivity index (χ1n) is 13.0. The van der Waals surface area contributed by atoms with Crippen LogP contribution in [0.5, 0.6) is 5.75 Å². The number of para-hydroxylation sites is 1. The molecule has 2 N–H and O–H groups in total. The number of methoxy groups -OCH3 is 1. The summed E-state index contributed by atoms with van der Waals surface area (Å²) in [7, 11) is -0.708. The minimum atomic E-state index is -3.91. The Morgan fingerprint density at radius 1 is 0.878 bits per heavy atom. The van der Waals surface area contributed by atoms with E-state index in [9.17, 15) is 22.8 Å². The number of piperazine rings is 1. The summed E-state index contributed by atoms with van der Waals surface area (Å²) in [5.74, 6) is -0.329. The Hall–Kier alpha value is -4.42. The number of carbonyl (C=O) groups is 3. The number of benzene rings is 3. The molecule has 0 bridgehead atoms. The van der Waals surface area contributed by atoms with Gasteiger partial charge in [-0.15, -0.1) is 0 Å². The molecule has 11 nitrogen and oxygen atoms in total. The molecule has 1 aliphatic heterocycles. The summed E-state index contributed by atoms with van der Waals surface area (Å²) in [6.45, 7) is 2.73. The summed E-state index contributed by atoms with van der Waals surface area (Å²) in [6, 6.07) is 18.6. The van der Waals surface area contributed by atoms with Crippen LogP contribution in [0.1, 0.15) is 5.56 Å². The van der Waals surface area contributed by atoms with Crippen LogP contribution in [0.2, 0.25) is 0 Å². The van der Waals surface area contributed by atoms with Crippen LogP contribution < -0.4 is 15.4 Å². The molecule has 1 fully saturated rings. The Balaban J connectivity index is 1.41. The number of amides is 3. The maximum Gasteiger partial charge on any atom is 0.415 e. The van der Waals surface area contributed by atoms with Crippen molar-refractivity contribution < 1.29 is 32.3 Å². The Kier molecular flexibility index (Phi) is 9.58. The smallest absolute Gasteiger partial charge is 0.415 e. The molecule has 0 spiro atoms. The molecule has 41 heavy (non-hydrogen) atoms. The Morgan fingerprint density at radius 2 is 1.51 bits per heavy atom. The van der Waals surface area contributed by atoms with Gasteiger partial charge in [-0.3, -0.25) is 0 Å². The molecule has 0 aliphatic carbocycles. The lowest BCUT2D eigenvalue weighted by atomic mass is 10.1. The standard InChI is InChI=1S/C29H32N4O7S/c1-32-16-18-33(19-17-32)29(36)40-22-14-12-21(13-15-22)20-25(27(34)39-2)31-28(35)30-24-10-6-7-11-26(24)41(37,38)23-8-4-3-5-9-23/h3-15,25H,16-20H2,1-2H3,(H2,30,31,35). The van der Waals surface area contributed by atoms with Crippen molar-refractivity contribution in [2.45, 2.75) is 22.3 Å². The number of anilines is 1. The fraction of sp³-hybridized carbons (Fsp3) is 0.276. The minimum Gasteiger partial charge on any atom is -0.467 e. The van der Waals surface area contributed by atoms with Gasteiger partial charge < -0.3 is 29.9 Å². The van der Waals surface area contributed by atoms with E-state index in [0.29, 0.717) is 24.4 Å². The van der Waals surface area contributed by atoms with Crippen LogP contribution in [0.4, 0.5) is 15.3 Å². The number of sulfone groups is 1. The molecule has 1 saturated heterocycles. The van der Waals surface area contributed by atoms with Crippen molar-refractivity contribution >= 4 is 33.6 Å². The maximum absolute atomic E-state index is 13.2. The third-order valence-corrected chi connectivity index (χ3v) is 8.43. The Bertz CT molecular complexity index is 1470. The van der Waals surface area contributed by atoms with E-state index < -0.39 is 34.0 Å². The van der Waals surface area contributed by atoms with Crippen LogP contribution in [-0.2, 0) is 25.8 Å². The topological polar surface area (TPSA) is 134 Å². The molecule has 3 aromatic rings. The van der Waals surface area contributed by atoms with Crippen LogP contribution in [0.15, 0.2) is 88.7 Å². The van der Waals surface area contributed by atoms with Crippen molar-refractivity contribution in [1.29, 1.82) is 0 Å². The Labute approximate surface area is 239 Å². The number of nitrogens with one attached hydrogen (secondary N) is 2. The quantitative estimate of drug-likeness (QED) is 0.388. The van der Waals surface area contributed by atoms with Gasteiger partial charge in [0.25, 0.3) is 0 Å². The average Bonchev–Trinajstić information content (AvgIpc) is 2.98. The zero-order chi connectivity index (χ0) is 29.4. The van der Waals surface area contributed by atoms with Crippen molar-refractivity contribution in [3.05, 3.63) is 84.4 Å². The fourth-order valence-electron chi connectivity index (χ4n) is 4.27. The van der Waals surface area contributed by atoms with Gasteiger partial charge in [-0.2, -0.15) is 0 Å². The molecule has 3 amide bonds. The second-order valence-electron chi connectivity index (χ2n) is 9.49. The second kappa shape index (κ2) is 13.3. The van der Waals surface area contributed by atoms with E-state index in [-0.39, 0.29) is 21.9 Å². The van der Waals surface area contributed by atoms with Crippen LogP contribution in [0.25, 0.3) is 0 Å². The predicted octanol–water partition coefficient (Wildman–Crippen LogP) is 3.17. The first-order valence-corrected chi connectivity index (χ1v) is 14.4. The highest BCUT2D eigenvalue weighted by molar-refractivity contribution is 7.91. The molecule has 0 saturated carbocycles. The van der Waals surface area contributed by atoms with Crippen molar-refractivity contribution in [2.24, 2.45) is 0 Å². The van der Waals surface area contributed by atoms with Gasteiger partial charge in [0.05, 0.1) is 22.6 Å². The van der Waals surface area contributed by atoms with Crippen molar-refractivity contribution in [1.82, 2.24) is 15.1 Å². The molecule has 12 heteroatoms. The van der Waals surface area contributed by atoms with E-state index in [0.717, 1.165) is 13.1 Å². The normalized spacial score (nSPS) is 14.5. The van der Waals surface area contributed by atoms with Gasteiger partial charge in [-0.05, 0) is 49.0 Å². The SMILES string of the molecule is COC(=O)C(Cc1ccc(OC(=O)N2CCN(C)CC2)cc1)NC(=O)Nc1ccccc1S(=O)(=O)c1ccccc1. The molecular weight excluding hydrogens is 548 g/mol. The van der Waals surface area contributed by atoms with Gasteiger partial charge in [-0.25, -0.2) is 22.8 Å². The van der Waals surface area contributed by atoms with Crippen LogP contribution in [0.3, 0.4) is 0 Å². The van der Waals surface area contributed by atoms with Gasteiger partial charge >= 0.3 is 18.1 Å². The molecule has 1 unspecified atom stereocenters. The molecule has 1 aliphatic rings. The van der Waals surface area contributed by atoms with Crippen LogP contribution in [0, 0.1) is 0 Å². The van der Waals surface area contributed by atoms with E-state index in [1.807, 2.05) is 7.05 Å². The van der Waals surface area contributed by atoms with Crippen molar-refractivity contribution in [3.63, 3.8) is 0 Å². The summed E-state index contributed by atoms with van der Waals surface area (Å²) in [4.78, 5) is 41.6. The molecular formula is C29H32N4O7S. The summed E-state index contributed by atoms with van der Waals surface area (Å²) in [6.07, 6.45) is -0.345. The lowest BCUT2D eigenvalue weighted by molar-refractivity contribution is -0.142. The lowest BCUT2D eigenvalue weighted by Crippen LogP contribution is -2.48. The van der Waals surface area contributed by atoms with Gasteiger partial charge in [0.1, 0.15) is 11.8 Å². The maximum atomic E-state index is 13.2. The number of ether oxygens (including phenoxy) is 2. The molecule has 3 aromatic carbocycles. The van der Waals surface area contributed by atoms with Gasteiger partial charge in [-0.1, -0.05) is 42.5 Å². The number of urea groups is 1. The van der Waals surface area contributed by atoms with E-state index in [1.54, 1.807) is 59.5 Å². The highest BCUT2D eigenvalue weighted by atomic mass is 32.2. The fourth-order valence-corrected chi connectivity index (χ4v) is 5.70. The Morgan fingerprint density at radius 3 is 2.17 bits per heavy atom. The first-order chi connectivity index (χ1) is 19.7. The zero-order valence-corrected chi connectivity index (χ0v) is 23.6. The third-order valence-electron chi connectivity index (χ3n) is 6.60. The summed E-state index contributed by atoms with van der Waals surface area (Å²) >= 11 is 0. The number of likely N-dealkylation sites (N-methyl/N-ethyl adjacent to an activating group) is 1. The molecule has 0 radical (unpaired) electrons. The average molecular weight is 581 g/mol. The summed E-state index contributed by atoms with van der Waals surface area (Å²) in [5.41, 5.74) is 0.733. The summed E-state index contributed by atoms with van der Waals surface area (Å²) in [5, 5.41) is 5.11. The summed E-state index contributed by atoms with van der Waals surface area (Å²) < 4.78 is 36.7. The lowest BCUT2D eigenvalue weighted by Gasteiger charge is -2.31. The highest BCUT2D eigenvalue weighted by Crippen LogP contribution is 2.27. The number of carbonyl (C=O) groups excluding carboxylic acids is 3. The first kappa shape index (κ1) is 29.6. The van der Waals surface area contributed by atoms with Crippen molar-refractivity contribution in [3.8, 4) is 5.75 Å². The number of rotatable bonds is 8. The number of hydrogen-bond donors (Lipinski definition) is 2. The number of nitrogens with zero attached hydrogens (tertiary/aromatic N) is 2. The van der Waals surface area contributed by atoms with E-state index in [4.69, 9.17) is 9.47 Å².